The molecule has 0 bridgehead atoms. The Morgan fingerprint density at radius 1 is 1.05 bits per heavy atom. The van der Waals surface area contributed by atoms with E-state index >= 15 is 0 Å². The molecule has 0 fully saturated rings. The maximum atomic E-state index is 6.22. The summed E-state index contributed by atoms with van der Waals surface area (Å²) in [6.07, 6.45) is 0. The van der Waals surface area contributed by atoms with Crippen LogP contribution in [0, 0.1) is 0 Å². The van der Waals surface area contributed by atoms with Gasteiger partial charge in [0.25, 0.3) is 0 Å². The third-order valence-electron chi connectivity index (χ3n) is 3.34. The Kier molecular flexibility index (Phi) is 3.64. The van der Waals surface area contributed by atoms with Crippen LogP contribution in [0.2, 0.25) is 5.02 Å². The van der Waals surface area contributed by atoms with Gasteiger partial charge >= 0.3 is 0 Å². The molecular weight excluding hydrogens is 300 g/mol. The molecule has 2 aromatic carbocycles. The second kappa shape index (κ2) is 5.32. The lowest BCUT2D eigenvalue weighted by molar-refractivity contribution is 0.592. The van der Waals surface area contributed by atoms with Gasteiger partial charge in [0.2, 0.25) is 0 Å². The Morgan fingerprint density at radius 3 is 2.52 bits per heavy atom. The lowest BCUT2D eigenvalue weighted by Crippen LogP contribution is -2.13. The number of fused-ring (bicyclic) bond motifs is 1. The summed E-state index contributed by atoms with van der Waals surface area (Å²) >= 11 is 7.80. The van der Waals surface area contributed by atoms with E-state index in [9.17, 15) is 0 Å². The summed E-state index contributed by atoms with van der Waals surface area (Å²) in [7, 11) is 0. The molecule has 0 aliphatic heterocycles. The lowest BCUT2D eigenvalue weighted by Gasteiger charge is -2.22. The highest BCUT2D eigenvalue weighted by Crippen LogP contribution is 2.36. The van der Waals surface area contributed by atoms with Gasteiger partial charge in [0.15, 0.2) is 5.13 Å². The maximum Gasteiger partial charge on any atom is 0.188 e. The number of nitrogens with one attached hydrogen (secondary N) is 1. The Balaban J connectivity index is 2.01. The number of rotatable bonds is 2. The number of anilines is 2. The first kappa shape index (κ1) is 14.4. The first-order valence-corrected chi connectivity index (χ1v) is 8.06. The summed E-state index contributed by atoms with van der Waals surface area (Å²) in [6, 6.07) is 14.2. The summed E-state index contributed by atoms with van der Waals surface area (Å²) < 4.78 is 1.02. The van der Waals surface area contributed by atoms with Gasteiger partial charge in [-0.15, -0.1) is 0 Å². The number of hydrogen-bond donors (Lipinski definition) is 1. The van der Waals surface area contributed by atoms with Crippen LogP contribution in [-0.2, 0) is 5.41 Å². The minimum atomic E-state index is 0.0813. The molecule has 21 heavy (non-hydrogen) atoms. The van der Waals surface area contributed by atoms with Crippen LogP contribution in [0.25, 0.3) is 10.2 Å². The van der Waals surface area contributed by atoms with Crippen LogP contribution in [0.3, 0.4) is 0 Å². The van der Waals surface area contributed by atoms with Crippen molar-refractivity contribution in [3.8, 4) is 0 Å². The number of benzene rings is 2. The second-order valence-electron chi connectivity index (χ2n) is 6.03. The number of thiazole rings is 1. The third-order valence-corrected chi connectivity index (χ3v) is 4.79. The van der Waals surface area contributed by atoms with Crippen LogP contribution >= 0.6 is 22.9 Å². The summed E-state index contributed by atoms with van der Waals surface area (Å²) in [5, 5.41) is 5.07. The van der Waals surface area contributed by atoms with Crippen LogP contribution in [0.15, 0.2) is 42.5 Å². The second-order valence-corrected chi connectivity index (χ2v) is 7.43. The van der Waals surface area contributed by atoms with E-state index in [1.54, 1.807) is 11.3 Å². The van der Waals surface area contributed by atoms with Gasteiger partial charge in [0, 0.05) is 5.69 Å². The summed E-state index contributed by atoms with van der Waals surface area (Å²) in [5.74, 6) is 0. The number of halogens is 1. The molecule has 2 nitrogen and oxygen atoms in total. The zero-order valence-corrected chi connectivity index (χ0v) is 13.8. The molecule has 3 rings (SSSR count). The monoisotopic (exact) mass is 316 g/mol. The van der Waals surface area contributed by atoms with Crippen molar-refractivity contribution >= 4 is 44.0 Å². The van der Waals surface area contributed by atoms with E-state index in [1.807, 2.05) is 24.3 Å². The predicted molar refractivity (Wildman–Crippen MR) is 93.1 cm³/mol. The van der Waals surface area contributed by atoms with Crippen molar-refractivity contribution in [1.82, 2.24) is 4.98 Å². The summed E-state index contributed by atoms with van der Waals surface area (Å²) in [6.45, 7) is 6.63. The van der Waals surface area contributed by atoms with Gasteiger partial charge in [0.1, 0.15) is 0 Å². The molecule has 0 spiro atoms. The third kappa shape index (κ3) is 2.89. The molecule has 0 radical (unpaired) electrons. The van der Waals surface area contributed by atoms with Crippen LogP contribution in [0.5, 0.6) is 0 Å². The standard InChI is InChI=1S/C17H17ClN2S/c1-17(2,3)11-7-4-5-9-13(11)19-16-20-14-10-6-8-12(18)15(14)21-16/h4-10H,1-3H3,(H,19,20). The van der Waals surface area contributed by atoms with Gasteiger partial charge in [-0.25, -0.2) is 4.98 Å². The number of nitrogens with zero attached hydrogens (tertiary/aromatic N) is 1. The molecular formula is C17H17ClN2S. The minimum absolute atomic E-state index is 0.0813. The van der Waals surface area contributed by atoms with E-state index in [-0.39, 0.29) is 5.41 Å². The first-order chi connectivity index (χ1) is 9.95. The average Bonchev–Trinajstić information content (AvgIpc) is 2.82. The Bertz CT molecular complexity index is 787. The fraction of sp³-hybridized carbons (Fsp3) is 0.235. The molecule has 1 aromatic heterocycles. The van der Waals surface area contributed by atoms with Gasteiger partial charge in [-0.2, -0.15) is 0 Å². The Labute approximate surface area is 133 Å². The molecule has 0 saturated carbocycles. The Morgan fingerprint density at radius 2 is 1.81 bits per heavy atom. The molecule has 4 heteroatoms. The van der Waals surface area contributed by atoms with Gasteiger partial charge in [-0.1, -0.05) is 68.0 Å². The van der Waals surface area contributed by atoms with E-state index in [1.165, 1.54) is 5.56 Å². The van der Waals surface area contributed by atoms with Crippen molar-refractivity contribution < 1.29 is 0 Å². The van der Waals surface area contributed by atoms with E-state index in [0.29, 0.717) is 0 Å². The van der Waals surface area contributed by atoms with Crippen molar-refractivity contribution in [1.29, 1.82) is 0 Å². The average molecular weight is 317 g/mol. The van der Waals surface area contributed by atoms with Crippen molar-refractivity contribution in [2.24, 2.45) is 0 Å². The highest BCUT2D eigenvalue weighted by molar-refractivity contribution is 7.22. The summed E-state index contributed by atoms with van der Waals surface area (Å²) in [5.41, 5.74) is 3.39. The zero-order chi connectivity index (χ0) is 15.0. The molecule has 0 atom stereocenters. The molecule has 1 N–H and O–H groups in total. The van der Waals surface area contributed by atoms with Gasteiger partial charge in [0.05, 0.1) is 15.2 Å². The smallest absolute Gasteiger partial charge is 0.188 e. The van der Waals surface area contributed by atoms with Crippen LogP contribution in [-0.4, -0.2) is 4.98 Å². The van der Waals surface area contributed by atoms with E-state index in [0.717, 1.165) is 26.1 Å². The molecule has 3 aromatic rings. The van der Waals surface area contributed by atoms with Gasteiger partial charge in [-0.3, -0.25) is 0 Å². The molecule has 0 aliphatic rings. The summed E-state index contributed by atoms with van der Waals surface area (Å²) in [4.78, 5) is 4.61. The SMILES string of the molecule is CC(C)(C)c1ccccc1Nc1nc2cccc(Cl)c2s1. The maximum absolute atomic E-state index is 6.22. The van der Waals surface area contributed by atoms with Gasteiger partial charge in [-0.05, 0) is 29.2 Å². The van der Waals surface area contributed by atoms with Gasteiger partial charge < -0.3 is 5.32 Å². The Hall–Kier alpha value is -1.58. The minimum Gasteiger partial charge on any atom is -0.331 e. The van der Waals surface area contributed by atoms with Crippen molar-refractivity contribution in [2.45, 2.75) is 26.2 Å². The fourth-order valence-electron chi connectivity index (χ4n) is 2.33. The van der Waals surface area contributed by atoms with Crippen molar-refractivity contribution in [3.05, 3.63) is 53.1 Å². The van der Waals surface area contributed by atoms with Crippen LogP contribution < -0.4 is 5.32 Å². The number of hydrogen-bond acceptors (Lipinski definition) is 3. The highest BCUT2D eigenvalue weighted by atomic mass is 35.5. The van der Waals surface area contributed by atoms with Crippen LogP contribution in [0.4, 0.5) is 10.8 Å². The zero-order valence-electron chi connectivity index (χ0n) is 12.3. The molecule has 0 amide bonds. The normalized spacial score (nSPS) is 11.8. The quantitative estimate of drug-likeness (QED) is 0.628. The van der Waals surface area contributed by atoms with E-state index < -0.39 is 0 Å². The predicted octanol–water partition coefficient (Wildman–Crippen LogP) is 5.99. The topological polar surface area (TPSA) is 24.9 Å². The van der Waals surface area contributed by atoms with Crippen molar-refractivity contribution in [3.63, 3.8) is 0 Å². The first-order valence-electron chi connectivity index (χ1n) is 6.87. The van der Waals surface area contributed by atoms with E-state index in [2.05, 4.69) is 49.3 Å². The van der Waals surface area contributed by atoms with E-state index in [4.69, 9.17) is 11.6 Å². The molecule has 108 valence electrons. The molecule has 1 heterocycles. The number of para-hydroxylation sites is 1. The largest absolute Gasteiger partial charge is 0.331 e. The van der Waals surface area contributed by atoms with Crippen molar-refractivity contribution in [2.75, 3.05) is 5.32 Å². The molecule has 0 aliphatic carbocycles. The highest BCUT2D eigenvalue weighted by Gasteiger charge is 2.18. The number of aromatic nitrogens is 1. The fourth-order valence-corrected chi connectivity index (χ4v) is 3.50. The van der Waals surface area contributed by atoms with Crippen LogP contribution in [0.1, 0.15) is 26.3 Å². The lowest BCUT2D eigenvalue weighted by atomic mass is 9.86. The molecule has 0 unspecified atom stereocenters. The molecule has 0 saturated heterocycles.